The van der Waals surface area contributed by atoms with Gasteiger partial charge < -0.3 is 4.74 Å². The first-order chi connectivity index (χ1) is 7.70. The van der Waals surface area contributed by atoms with Crippen LogP contribution in [-0.2, 0) is 9.53 Å². The second-order valence-electron chi connectivity index (χ2n) is 4.71. The smallest absolute Gasteiger partial charge is 0.305 e. The molecule has 0 spiro atoms. The van der Waals surface area contributed by atoms with Crippen LogP contribution in [0.2, 0.25) is 0 Å². The second-order valence-corrected chi connectivity index (χ2v) is 4.71. The zero-order valence-electron chi connectivity index (χ0n) is 11.3. The molecule has 0 radical (unpaired) electrons. The molecule has 16 heavy (non-hydrogen) atoms. The van der Waals surface area contributed by atoms with Crippen molar-refractivity contribution in [2.45, 2.75) is 72.1 Å². The Morgan fingerprint density at radius 2 is 1.75 bits per heavy atom. The summed E-state index contributed by atoms with van der Waals surface area (Å²) in [4.78, 5) is 11.3. The third kappa shape index (κ3) is 10.0. The van der Waals surface area contributed by atoms with Gasteiger partial charge in [0.2, 0.25) is 0 Å². The molecule has 0 N–H and O–H groups in total. The third-order valence-corrected chi connectivity index (χ3v) is 2.91. The van der Waals surface area contributed by atoms with Gasteiger partial charge in [-0.2, -0.15) is 0 Å². The lowest BCUT2D eigenvalue weighted by Crippen LogP contribution is -2.08. The van der Waals surface area contributed by atoms with Gasteiger partial charge in [-0.05, 0) is 18.8 Å². The maximum Gasteiger partial charge on any atom is 0.305 e. The van der Waals surface area contributed by atoms with Gasteiger partial charge in [0, 0.05) is 6.42 Å². The van der Waals surface area contributed by atoms with E-state index in [2.05, 4.69) is 20.8 Å². The van der Waals surface area contributed by atoms with Gasteiger partial charge in [-0.15, -0.1) is 0 Å². The molecule has 1 unspecified atom stereocenters. The minimum atomic E-state index is -0.0175. The van der Waals surface area contributed by atoms with Gasteiger partial charge in [0.25, 0.3) is 0 Å². The van der Waals surface area contributed by atoms with Gasteiger partial charge >= 0.3 is 5.97 Å². The first-order valence-electron chi connectivity index (χ1n) is 6.86. The van der Waals surface area contributed by atoms with E-state index in [1.165, 1.54) is 19.3 Å². The standard InChI is InChI=1S/C14H28O2/c1-4-6-8-10-14(15)16-12-11-13(3)9-7-5-2/h13H,4-12H2,1-3H3. The molecule has 96 valence electrons. The van der Waals surface area contributed by atoms with Crippen LogP contribution < -0.4 is 0 Å². The fourth-order valence-electron chi connectivity index (χ4n) is 1.66. The molecule has 0 aliphatic carbocycles. The Morgan fingerprint density at radius 1 is 1.06 bits per heavy atom. The average molecular weight is 228 g/mol. The van der Waals surface area contributed by atoms with Crippen LogP contribution >= 0.6 is 0 Å². The Kier molecular flexibility index (Phi) is 10.6. The summed E-state index contributed by atoms with van der Waals surface area (Å²) in [5.74, 6) is 0.666. The number of ether oxygens (including phenoxy) is 1. The van der Waals surface area contributed by atoms with Crippen LogP contribution in [-0.4, -0.2) is 12.6 Å². The molecule has 1 atom stereocenters. The van der Waals surface area contributed by atoms with Gasteiger partial charge in [-0.1, -0.05) is 52.9 Å². The summed E-state index contributed by atoms with van der Waals surface area (Å²) in [7, 11) is 0. The summed E-state index contributed by atoms with van der Waals surface area (Å²) in [5.41, 5.74) is 0. The Bertz CT molecular complexity index is 166. The van der Waals surface area contributed by atoms with Crippen LogP contribution in [0.4, 0.5) is 0 Å². The predicted octanol–water partition coefficient (Wildman–Crippen LogP) is 4.33. The Hall–Kier alpha value is -0.530. The van der Waals surface area contributed by atoms with Gasteiger partial charge in [0.15, 0.2) is 0 Å². The van der Waals surface area contributed by atoms with Crippen molar-refractivity contribution in [3.63, 3.8) is 0 Å². The van der Waals surface area contributed by atoms with Crippen molar-refractivity contribution in [1.82, 2.24) is 0 Å². The fraction of sp³-hybridized carbons (Fsp3) is 0.929. The van der Waals surface area contributed by atoms with Crippen molar-refractivity contribution in [3.8, 4) is 0 Å². The quantitative estimate of drug-likeness (QED) is 0.411. The van der Waals surface area contributed by atoms with Crippen molar-refractivity contribution in [3.05, 3.63) is 0 Å². The first kappa shape index (κ1) is 15.5. The number of carbonyl (C=O) groups is 1. The van der Waals surface area contributed by atoms with Gasteiger partial charge in [0.05, 0.1) is 6.61 Å². The second kappa shape index (κ2) is 11.0. The van der Waals surface area contributed by atoms with E-state index in [0.717, 1.165) is 25.7 Å². The molecule has 0 rings (SSSR count). The molecule has 0 aromatic rings. The van der Waals surface area contributed by atoms with Crippen molar-refractivity contribution in [2.24, 2.45) is 5.92 Å². The lowest BCUT2D eigenvalue weighted by molar-refractivity contribution is -0.144. The van der Waals surface area contributed by atoms with E-state index in [-0.39, 0.29) is 5.97 Å². The predicted molar refractivity (Wildman–Crippen MR) is 68.4 cm³/mol. The molecule has 0 fully saturated rings. The van der Waals surface area contributed by atoms with Crippen LogP contribution in [0, 0.1) is 5.92 Å². The molecular weight excluding hydrogens is 200 g/mol. The molecule has 0 saturated heterocycles. The van der Waals surface area contributed by atoms with Crippen molar-refractivity contribution < 1.29 is 9.53 Å². The highest BCUT2D eigenvalue weighted by Crippen LogP contribution is 2.12. The zero-order chi connectivity index (χ0) is 12.2. The minimum Gasteiger partial charge on any atom is -0.466 e. The van der Waals surface area contributed by atoms with E-state index in [0.29, 0.717) is 18.9 Å². The van der Waals surface area contributed by atoms with Gasteiger partial charge in [-0.25, -0.2) is 0 Å². The summed E-state index contributed by atoms with van der Waals surface area (Å²) in [6, 6.07) is 0. The zero-order valence-corrected chi connectivity index (χ0v) is 11.3. The van der Waals surface area contributed by atoms with Gasteiger partial charge in [0.1, 0.15) is 0 Å². The molecule has 0 aliphatic rings. The molecular formula is C14H28O2. The summed E-state index contributed by atoms with van der Waals surface area (Å²) >= 11 is 0. The lowest BCUT2D eigenvalue weighted by atomic mass is 10.0. The number of carbonyl (C=O) groups excluding carboxylic acids is 1. The molecule has 0 aliphatic heterocycles. The van der Waals surface area contributed by atoms with E-state index in [1.54, 1.807) is 0 Å². The summed E-state index contributed by atoms with van der Waals surface area (Å²) in [5, 5.41) is 0. The largest absolute Gasteiger partial charge is 0.466 e. The third-order valence-electron chi connectivity index (χ3n) is 2.91. The van der Waals surface area contributed by atoms with Crippen molar-refractivity contribution in [2.75, 3.05) is 6.61 Å². The molecule has 0 aromatic carbocycles. The number of esters is 1. The molecule has 0 bridgehead atoms. The van der Waals surface area contributed by atoms with Crippen LogP contribution in [0.5, 0.6) is 0 Å². The van der Waals surface area contributed by atoms with Crippen molar-refractivity contribution >= 4 is 5.97 Å². The van der Waals surface area contributed by atoms with Crippen LogP contribution in [0.15, 0.2) is 0 Å². The van der Waals surface area contributed by atoms with Crippen LogP contribution in [0.1, 0.15) is 72.1 Å². The monoisotopic (exact) mass is 228 g/mol. The summed E-state index contributed by atoms with van der Waals surface area (Å²) in [6.45, 7) is 7.19. The number of unbranched alkanes of at least 4 members (excludes halogenated alkanes) is 3. The highest BCUT2D eigenvalue weighted by molar-refractivity contribution is 5.69. The topological polar surface area (TPSA) is 26.3 Å². The van der Waals surface area contributed by atoms with Crippen LogP contribution in [0.3, 0.4) is 0 Å². The van der Waals surface area contributed by atoms with Crippen molar-refractivity contribution in [1.29, 1.82) is 0 Å². The van der Waals surface area contributed by atoms with Gasteiger partial charge in [-0.3, -0.25) is 4.79 Å². The average Bonchev–Trinajstić information content (AvgIpc) is 2.26. The van der Waals surface area contributed by atoms with E-state index in [4.69, 9.17) is 4.74 Å². The molecule has 2 heteroatoms. The minimum absolute atomic E-state index is 0.0175. The number of hydrogen-bond acceptors (Lipinski definition) is 2. The Labute approximate surface area is 101 Å². The van der Waals surface area contributed by atoms with E-state index >= 15 is 0 Å². The summed E-state index contributed by atoms with van der Waals surface area (Å²) in [6.07, 6.45) is 8.65. The Balaban J connectivity index is 3.32. The number of hydrogen-bond donors (Lipinski definition) is 0. The molecule has 0 saturated carbocycles. The maximum absolute atomic E-state index is 11.3. The molecule has 0 heterocycles. The van der Waals surface area contributed by atoms with E-state index < -0.39 is 0 Å². The molecule has 2 nitrogen and oxygen atoms in total. The normalized spacial score (nSPS) is 12.4. The Morgan fingerprint density at radius 3 is 2.38 bits per heavy atom. The first-order valence-corrected chi connectivity index (χ1v) is 6.86. The summed E-state index contributed by atoms with van der Waals surface area (Å²) < 4.78 is 5.20. The highest BCUT2D eigenvalue weighted by atomic mass is 16.5. The maximum atomic E-state index is 11.3. The number of rotatable bonds is 10. The highest BCUT2D eigenvalue weighted by Gasteiger charge is 2.05. The van der Waals surface area contributed by atoms with E-state index in [9.17, 15) is 4.79 Å². The SMILES string of the molecule is CCCCCC(=O)OCCC(C)CCCC. The fourth-order valence-corrected chi connectivity index (χ4v) is 1.66. The lowest BCUT2D eigenvalue weighted by Gasteiger charge is -2.10. The van der Waals surface area contributed by atoms with Crippen LogP contribution in [0.25, 0.3) is 0 Å². The molecule has 0 amide bonds. The molecule has 0 aromatic heterocycles. The van der Waals surface area contributed by atoms with E-state index in [1.807, 2.05) is 0 Å².